The highest BCUT2D eigenvalue weighted by Gasteiger charge is 2.30. The van der Waals surface area contributed by atoms with Crippen LogP contribution >= 0.6 is 11.6 Å². The lowest BCUT2D eigenvalue weighted by Gasteiger charge is -2.32. The van der Waals surface area contributed by atoms with E-state index in [4.69, 9.17) is 26.3 Å². The molecule has 210 valence electrons. The minimum Gasteiger partial charge on any atom is -0.383 e. The molecule has 1 unspecified atom stereocenters. The lowest BCUT2D eigenvalue weighted by molar-refractivity contribution is -0.131. The number of rotatable bonds is 7. The van der Waals surface area contributed by atoms with Crippen molar-refractivity contribution in [2.45, 2.75) is 32.5 Å². The molecule has 0 radical (unpaired) electrons. The normalized spacial score (nSPS) is 15.2. The molecule has 2 N–H and O–H groups in total. The zero-order valence-electron chi connectivity index (χ0n) is 22.3. The quantitative estimate of drug-likeness (QED) is 0.445. The summed E-state index contributed by atoms with van der Waals surface area (Å²) in [5.41, 5.74) is 0.598. The summed E-state index contributed by atoms with van der Waals surface area (Å²) in [4.78, 5) is 53.5. The molecule has 1 saturated heterocycles. The number of aromatic nitrogens is 2. The number of hydrogen-bond acceptors (Lipinski definition) is 7. The third-order valence-electron chi connectivity index (χ3n) is 6.46. The number of carbonyl (C=O) groups excluding carboxylic acids is 2. The van der Waals surface area contributed by atoms with Crippen molar-refractivity contribution in [2.24, 2.45) is 0 Å². The van der Waals surface area contributed by atoms with Gasteiger partial charge in [0.1, 0.15) is 6.07 Å². The van der Waals surface area contributed by atoms with Crippen molar-refractivity contribution in [3.05, 3.63) is 67.8 Å². The van der Waals surface area contributed by atoms with Crippen LogP contribution in [-0.2, 0) is 20.8 Å². The van der Waals surface area contributed by atoms with Gasteiger partial charge in [0.2, 0.25) is 0 Å². The Morgan fingerprint density at radius 1 is 1.18 bits per heavy atom. The number of halogens is 1. The van der Waals surface area contributed by atoms with Gasteiger partial charge >= 0.3 is 11.7 Å². The third kappa shape index (κ3) is 6.02. The largest absolute Gasteiger partial charge is 0.383 e. The highest BCUT2D eigenvalue weighted by molar-refractivity contribution is 6.32. The molecule has 13 heteroatoms. The van der Waals surface area contributed by atoms with Crippen molar-refractivity contribution >= 4 is 45.8 Å². The molecule has 40 heavy (non-hydrogen) atoms. The van der Waals surface area contributed by atoms with Gasteiger partial charge in [0.05, 0.1) is 47.8 Å². The smallest absolute Gasteiger partial charge is 0.331 e. The van der Waals surface area contributed by atoms with Crippen LogP contribution in [0.1, 0.15) is 25.5 Å². The Balaban J connectivity index is 1.51. The van der Waals surface area contributed by atoms with Gasteiger partial charge in [-0.1, -0.05) is 11.6 Å². The Bertz CT molecular complexity index is 1610. The number of nitrogens with zero attached hydrogens (tertiary/aromatic N) is 4. The molecule has 1 aromatic heterocycles. The van der Waals surface area contributed by atoms with Crippen molar-refractivity contribution in [1.82, 2.24) is 14.0 Å². The molecular formula is C27H29ClN6O6. The fourth-order valence-corrected chi connectivity index (χ4v) is 4.66. The summed E-state index contributed by atoms with van der Waals surface area (Å²) < 4.78 is 13.3. The standard InChI is InChI=1S/C27H29ClN6O6/c1-16(2)34-22-7-6-18(12-20(22)25(36)33(27(34)38)9-10-39-3)31-26(37)32-8-11-40-23(15-32)24(35)30-19-5-4-17(14-29)21(28)13-19/h4-7,12-13,16,23H,8-11,15H2,1-3H3,(H,30,35)(H,31,37). The number of fused-ring (bicyclic) bond motifs is 1. The third-order valence-corrected chi connectivity index (χ3v) is 6.77. The molecule has 3 amide bonds. The molecule has 1 fully saturated rings. The molecule has 0 spiro atoms. The van der Waals surface area contributed by atoms with Gasteiger partial charge in [-0.3, -0.25) is 18.7 Å². The highest BCUT2D eigenvalue weighted by Crippen LogP contribution is 2.22. The SMILES string of the molecule is COCCn1c(=O)c2cc(NC(=O)N3CCOC(C(=O)Nc4ccc(C#N)c(Cl)c4)C3)ccc2n(C(C)C)c1=O. The van der Waals surface area contributed by atoms with Crippen LogP contribution < -0.4 is 21.9 Å². The van der Waals surface area contributed by atoms with Crippen LogP contribution in [0.5, 0.6) is 0 Å². The van der Waals surface area contributed by atoms with E-state index in [0.29, 0.717) is 16.9 Å². The van der Waals surface area contributed by atoms with Crippen LogP contribution in [0.25, 0.3) is 10.9 Å². The van der Waals surface area contributed by atoms with Crippen LogP contribution in [0.4, 0.5) is 16.2 Å². The van der Waals surface area contributed by atoms with Crippen LogP contribution in [-0.4, -0.2) is 65.5 Å². The van der Waals surface area contributed by atoms with Crippen LogP contribution in [0, 0.1) is 11.3 Å². The summed E-state index contributed by atoms with van der Waals surface area (Å²) in [7, 11) is 1.49. The maximum Gasteiger partial charge on any atom is 0.331 e. The first-order chi connectivity index (χ1) is 19.1. The van der Waals surface area contributed by atoms with Crippen molar-refractivity contribution in [3.8, 4) is 6.07 Å². The molecule has 3 aromatic rings. The molecule has 12 nitrogen and oxygen atoms in total. The van der Waals surface area contributed by atoms with Gasteiger partial charge in [-0.2, -0.15) is 5.26 Å². The van der Waals surface area contributed by atoms with Gasteiger partial charge in [0, 0.05) is 31.1 Å². The van der Waals surface area contributed by atoms with Crippen molar-refractivity contribution in [3.63, 3.8) is 0 Å². The first kappa shape index (κ1) is 28.8. The van der Waals surface area contributed by atoms with Crippen molar-refractivity contribution < 1.29 is 19.1 Å². The van der Waals surface area contributed by atoms with E-state index in [1.807, 2.05) is 19.9 Å². The van der Waals surface area contributed by atoms with E-state index >= 15 is 0 Å². The Morgan fingerprint density at radius 3 is 2.58 bits per heavy atom. The van der Waals surface area contributed by atoms with E-state index in [2.05, 4.69) is 10.6 Å². The molecule has 1 aliphatic heterocycles. The number of methoxy groups -OCH3 is 1. The number of nitriles is 1. The molecule has 0 aliphatic carbocycles. The Kier molecular flexibility index (Phi) is 8.89. The second-order valence-electron chi connectivity index (χ2n) is 9.46. The van der Waals surface area contributed by atoms with E-state index in [9.17, 15) is 19.2 Å². The van der Waals surface area contributed by atoms with E-state index in [1.165, 1.54) is 34.8 Å². The van der Waals surface area contributed by atoms with Crippen LogP contribution in [0.15, 0.2) is 46.0 Å². The number of nitrogens with one attached hydrogen (secondary N) is 2. The number of urea groups is 1. The second kappa shape index (κ2) is 12.3. The topological polar surface area (TPSA) is 148 Å². The molecule has 0 saturated carbocycles. The number of hydrogen-bond donors (Lipinski definition) is 2. The Hall–Kier alpha value is -4.18. The zero-order valence-corrected chi connectivity index (χ0v) is 23.0. The van der Waals surface area contributed by atoms with E-state index < -0.39 is 29.3 Å². The summed E-state index contributed by atoms with van der Waals surface area (Å²) in [6.45, 7) is 4.38. The molecule has 0 bridgehead atoms. The molecule has 2 aromatic carbocycles. The Labute approximate surface area is 234 Å². The van der Waals surface area contributed by atoms with Gasteiger partial charge in [-0.05, 0) is 50.2 Å². The molecule has 2 heterocycles. The minimum absolute atomic E-state index is 0.00796. The summed E-state index contributed by atoms with van der Waals surface area (Å²) in [6.07, 6.45) is -0.931. The predicted octanol–water partition coefficient (Wildman–Crippen LogP) is 2.79. The fourth-order valence-electron chi connectivity index (χ4n) is 4.44. The number of anilines is 2. The number of ether oxygens (including phenoxy) is 2. The maximum absolute atomic E-state index is 13.2. The molecule has 1 aliphatic rings. The Morgan fingerprint density at radius 2 is 1.90 bits per heavy atom. The van der Waals surface area contributed by atoms with E-state index in [0.717, 1.165) is 4.57 Å². The van der Waals surface area contributed by atoms with Crippen LogP contribution in [0.3, 0.4) is 0 Å². The molecule has 4 rings (SSSR count). The van der Waals surface area contributed by atoms with Crippen molar-refractivity contribution in [2.75, 3.05) is 44.0 Å². The summed E-state index contributed by atoms with van der Waals surface area (Å²) in [5, 5.41) is 15.0. The lowest BCUT2D eigenvalue weighted by atomic mass is 10.2. The van der Waals surface area contributed by atoms with Crippen molar-refractivity contribution in [1.29, 1.82) is 5.26 Å². The average Bonchev–Trinajstić information content (AvgIpc) is 2.93. The summed E-state index contributed by atoms with van der Waals surface area (Å²) >= 11 is 6.04. The second-order valence-corrected chi connectivity index (χ2v) is 9.87. The van der Waals surface area contributed by atoms with Gasteiger partial charge in [0.25, 0.3) is 11.5 Å². The van der Waals surface area contributed by atoms with Gasteiger partial charge in [-0.15, -0.1) is 0 Å². The minimum atomic E-state index is -0.931. The number of morpholine rings is 1. The average molecular weight is 569 g/mol. The monoisotopic (exact) mass is 568 g/mol. The maximum atomic E-state index is 13.2. The molecular weight excluding hydrogens is 540 g/mol. The number of carbonyl (C=O) groups is 2. The zero-order chi connectivity index (χ0) is 29.0. The van der Waals surface area contributed by atoms with E-state index in [-0.39, 0.29) is 54.9 Å². The first-order valence-electron chi connectivity index (χ1n) is 12.6. The highest BCUT2D eigenvalue weighted by atomic mass is 35.5. The number of benzene rings is 2. The summed E-state index contributed by atoms with van der Waals surface area (Å²) in [5.74, 6) is -0.466. The van der Waals surface area contributed by atoms with Gasteiger partial charge in [0.15, 0.2) is 6.10 Å². The first-order valence-corrected chi connectivity index (χ1v) is 13.0. The number of amides is 3. The molecule has 1 atom stereocenters. The fraction of sp³-hybridized carbons (Fsp3) is 0.370. The summed E-state index contributed by atoms with van der Waals surface area (Å²) in [6, 6.07) is 10.6. The van der Waals surface area contributed by atoms with E-state index in [1.54, 1.807) is 18.2 Å². The van der Waals surface area contributed by atoms with Gasteiger partial charge < -0.3 is 25.0 Å². The van der Waals surface area contributed by atoms with Gasteiger partial charge in [-0.25, -0.2) is 9.59 Å². The predicted molar refractivity (Wildman–Crippen MR) is 150 cm³/mol. The lowest BCUT2D eigenvalue weighted by Crippen LogP contribution is -2.51. The van der Waals surface area contributed by atoms with Crippen LogP contribution in [0.2, 0.25) is 5.02 Å².